The van der Waals surface area contributed by atoms with Crippen molar-refractivity contribution in [3.63, 3.8) is 0 Å². The lowest BCUT2D eigenvalue weighted by Crippen LogP contribution is -2.14. The number of esters is 1. The lowest BCUT2D eigenvalue weighted by atomic mass is 10.2. The van der Waals surface area contributed by atoms with Crippen LogP contribution in [0.2, 0.25) is 0 Å². The lowest BCUT2D eigenvalue weighted by molar-refractivity contribution is 0.0106. The van der Waals surface area contributed by atoms with Gasteiger partial charge in [0.1, 0.15) is 19.0 Å². The van der Waals surface area contributed by atoms with E-state index in [9.17, 15) is 4.79 Å². The Balaban J connectivity index is 1.41. The summed E-state index contributed by atoms with van der Waals surface area (Å²) in [7, 11) is 0. The molecule has 2 aromatic rings. The third-order valence-electron chi connectivity index (χ3n) is 3.22. The fourth-order valence-electron chi connectivity index (χ4n) is 1.96. The van der Waals surface area contributed by atoms with Crippen LogP contribution in [0.5, 0.6) is 5.75 Å². The minimum atomic E-state index is -0.347. The maximum atomic E-state index is 11.7. The van der Waals surface area contributed by atoms with E-state index in [-0.39, 0.29) is 12.6 Å². The third-order valence-corrected chi connectivity index (χ3v) is 3.22. The molecule has 0 fully saturated rings. The molecular weight excluding hydrogens is 322 g/mol. The second-order valence-corrected chi connectivity index (χ2v) is 5.14. The summed E-state index contributed by atoms with van der Waals surface area (Å²) in [4.78, 5) is 11.7. The lowest BCUT2D eigenvalue weighted by Gasteiger charge is -2.08. The summed E-state index contributed by atoms with van der Waals surface area (Å²) in [5.41, 5.74) is 6.83. The quantitative estimate of drug-likeness (QED) is 0.383. The van der Waals surface area contributed by atoms with E-state index in [0.717, 1.165) is 5.75 Å². The van der Waals surface area contributed by atoms with Crippen LogP contribution in [0.3, 0.4) is 0 Å². The van der Waals surface area contributed by atoms with E-state index in [1.54, 1.807) is 36.4 Å². The van der Waals surface area contributed by atoms with Gasteiger partial charge in [0.05, 0.1) is 32.0 Å². The van der Waals surface area contributed by atoms with Gasteiger partial charge in [-0.1, -0.05) is 18.2 Å². The Labute approximate surface area is 147 Å². The summed E-state index contributed by atoms with van der Waals surface area (Å²) in [6, 6.07) is 16.1. The van der Waals surface area contributed by atoms with Crippen LogP contribution in [-0.4, -0.2) is 45.6 Å². The molecule has 2 N–H and O–H groups in total. The molecule has 0 radical (unpaired) electrons. The fourth-order valence-corrected chi connectivity index (χ4v) is 1.96. The molecular formula is C19H23NO5. The van der Waals surface area contributed by atoms with E-state index in [1.807, 2.05) is 18.2 Å². The van der Waals surface area contributed by atoms with Crippen LogP contribution < -0.4 is 10.5 Å². The molecule has 0 aliphatic rings. The number of carbonyl (C=O) groups excluding carboxylic acids is 1. The molecule has 25 heavy (non-hydrogen) atoms. The van der Waals surface area contributed by atoms with Crippen LogP contribution in [0, 0.1) is 0 Å². The van der Waals surface area contributed by atoms with Crippen molar-refractivity contribution in [2.75, 3.05) is 45.4 Å². The Hall–Kier alpha value is -2.57. The summed E-state index contributed by atoms with van der Waals surface area (Å²) in [6.45, 7) is 2.37. The monoisotopic (exact) mass is 345 g/mol. The summed E-state index contributed by atoms with van der Waals surface area (Å²) < 4.78 is 21.3. The first-order valence-electron chi connectivity index (χ1n) is 8.12. The van der Waals surface area contributed by atoms with Crippen LogP contribution in [-0.2, 0) is 14.2 Å². The number of carbonyl (C=O) groups is 1. The molecule has 2 aromatic carbocycles. The second kappa shape index (κ2) is 11.1. The maximum absolute atomic E-state index is 11.7. The van der Waals surface area contributed by atoms with Crippen LogP contribution in [0.25, 0.3) is 0 Å². The fraction of sp³-hybridized carbons (Fsp3) is 0.316. The average Bonchev–Trinajstić information content (AvgIpc) is 2.65. The van der Waals surface area contributed by atoms with Crippen molar-refractivity contribution in [1.82, 2.24) is 0 Å². The van der Waals surface area contributed by atoms with E-state index >= 15 is 0 Å². The van der Waals surface area contributed by atoms with Crippen molar-refractivity contribution in [2.24, 2.45) is 0 Å². The Morgan fingerprint density at radius 3 is 2.04 bits per heavy atom. The number of rotatable bonds is 11. The summed E-state index contributed by atoms with van der Waals surface area (Å²) in [5.74, 6) is 0.412. The summed E-state index contributed by atoms with van der Waals surface area (Å²) in [6.07, 6.45) is 0. The summed E-state index contributed by atoms with van der Waals surface area (Å²) in [5, 5.41) is 0. The number of hydrogen-bond acceptors (Lipinski definition) is 6. The first kappa shape index (κ1) is 18.8. The van der Waals surface area contributed by atoms with Gasteiger partial charge in [-0.25, -0.2) is 4.79 Å². The first-order chi connectivity index (χ1) is 12.3. The topological polar surface area (TPSA) is 80.0 Å². The Morgan fingerprint density at radius 2 is 1.36 bits per heavy atom. The van der Waals surface area contributed by atoms with Crippen LogP contribution in [0.15, 0.2) is 54.6 Å². The number of ether oxygens (including phenoxy) is 4. The van der Waals surface area contributed by atoms with Crippen LogP contribution >= 0.6 is 0 Å². The highest BCUT2D eigenvalue weighted by Gasteiger charge is 2.04. The SMILES string of the molecule is Nc1ccc(OCCOCCOCCOC(=O)c2ccccc2)cc1. The molecule has 0 heterocycles. The van der Waals surface area contributed by atoms with Gasteiger partial charge in [0, 0.05) is 5.69 Å². The van der Waals surface area contributed by atoms with Gasteiger partial charge >= 0.3 is 5.97 Å². The van der Waals surface area contributed by atoms with E-state index < -0.39 is 0 Å². The molecule has 0 aromatic heterocycles. The van der Waals surface area contributed by atoms with Gasteiger partial charge in [-0.15, -0.1) is 0 Å². The van der Waals surface area contributed by atoms with Crippen molar-refractivity contribution in [1.29, 1.82) is 0 Å². The van der Waals surface area contributed by atoms with Crippen molar-refractivity contribution < 1.29 is 23.7 Å². The number of nitrogen functional groups attached to an aromatic ring is 1. The molecule has 134 valence electrons. The molecule has 0 amide bonds. The number of benzene rings is 2. The minimum absolute atomic E-state index is 0.216. The predicted molar refractivity (Wildman–Crippen MR) is 94.7 cm³/mol. The second-order valence-electron chi connectivity index (χ2n) is 5.14. The average molecular weight is 345 g/mol. The molecule has 2 rings (SSSR count). The predicted octanol–water partition coefficient (Wildman–Crippen LogP) is 2.54. The standard InChI is InChI=1S/C19H23NO5/c20-17-6-8-18(9-7-17)24-14-12-22-10-11-23-13-15-25-19(21)16-4-2-1-3-5-16/h1-9H,10-15,20H2. The van der Waals surface area contributed by atoms with Crippen molar-refractivity contribution in [3.05, 3.63) is 60.2 Å². The Bertz CT molecular complexity index is 615. The normalized spacial score (nSPS) is 10.4. The molecule has 0 atom stereocenters. The van der Waals surface area contributed by atoms with E-state index in [1.165, 1.54) is 0 Å². The molecule has 0 bridgehead atoms. The molecule has 0 saturated heterocycles. The van der Waals surface area contributed by atoms with Crippen molar-refractivity contribution in [3.8, 4) is 5.75 Å². The number of anilines is 1. The number of hydrogen-bond donors (Lipinski definition) is 1. The highest BCUT2D eigenvalue weighted by molar-refractivity contribution is 5.89. The van der Waals surface area contributed by atoms with Gasteiger partial charge in [-0.05, 0) is 36.4 Å². The number of nitrogens with two attached hydrogens (primary N) is 1. The van der Waals surface area contributed by atoms with Gasteiger partial charge in [-0.3, -0.25) is 0 Å². The molecule has 0 aliphatic heterocycles. The largest absolute Gasteiger partial charge is 0.491 e. The molecule has 0 spiro atoms. The van der Waals surface area contributed by atoms with Gasteiger partial charge < -0.3 is 24.7 Å². The van der Waals surface area contributed by atoms with E-state index in [0.29, 0.717) is 44.3 Å². The molecule has 6 nitrogen and oxygen atoms in total. The molecule has 0 saturated carbocycles. The van der Waals surface area contributed by atoms with Gasteiger partial charge in [0.2, 0.25) is 0 Å². The maximum Gasteiger partial charge on any atom is 0.338 e. The molecule has 6 heteroatoms. The van der Waals surface area contributed by atoms with Gasteiger partial charge in [-0.2, -0.15) is 0 Å². The highest BCUT2D eigenvalue weighted by atomic mass is 16.6. The van der Waals surface area contributed by atoms with Crippen molar-refractivity contribution in [2.45, 2.75) is 0 Å². The smallest absolute Gasteiger partial charge is 0.338 e. The van der Waals surface area contributed by atoms with Gasteiger partial charge in [0.15, 0.2) is 0 Å². The highest BCUT2D eigenvalue weighted by Crippen LogP contribution is 2.12. The molecule has 0 aliphatic carbocycles. The van der Waals surface area contributed by atoms with Crippen LogP contribution in [0.1, 0.15) is 10.4 Å². The van der Waals surface area contributed by atoms with Crippen molar-refractivity contribution >= 4 is 11.7 Å². The Kier molecular flexibility index (Phi) is 8.31. The minimum Gasteiger partial charge on any atom is -0.491 e. The molecule has 0 unspecified atom stereocenters. The van der Waals surface area contributed by atoms with Gasteiger partial charge in [0.25, 0.3) is 0 Å². The third kappa shape index (κ3) is 7.69. The zero-order valence-corrected chi connectivity index (χ0v) is 14.1. The Morgan fingerprint density at radius 1 is 0.760 bits per heavy atom. The van der Waals surface area contributed by atoms with E-state index in [4.69, 9.17) is 24.7 Å². The van der Waals surface area contributed by atoms with Crippen LogP contribution in [0.4, 0.5) is 5.69 Å². The van der Waals surface area contributed by atoms with E-state index in [2.05, 4.69) is 0 Å². The zero-order valence-electron chi connectivity index (χ0n) is 14.1. The summed E-state index contributed by atoms with van der Waals surface area (Å²) >= 11 is 0. The zero-order chi connectivity index (χ0) is 17.7. The first-order valence-corrected chi connectivity index (χ1v) is 8.12.